The first-order chi connectivity index (χ1) is 12.1. The molecule has 5 nitrogen and oxygen atoms in total. The van der Waals surface area contributed by atoms with Crippen molar-refractivity contribution in [2.45, 2.75) is 13.0 Å². The molecule has 2 aromatic carbocycles. The van der Waals surface area contributed by atoms with Gasteiger partial charge in [-0.2, -0.15) is 5.26 Å². The fraction of sp³-hybridized carbons (Fsp3) is 0.211. The van der Waals surface area contributed by atoms with Gasteiger partial charge in [0.25, 0.3) is 5.91 Å². The maximum absolute atomic E-state index is 12.4. The van der Waals surface area contributed by atoms with E-state index in [0.717, 1.165) is 15.2 Å². The highest BCUT2D eigenvalue weighted by atomic mass is 32.1. The van der Waals surface area contributed by atoms with Gasteiger partial charge < -0.3 is 9.64 Å². The van der Waals surface area contributed by atoms with Crippen LogP contribution in [-0.2, 0) is 4.79 Å². The number of para-hydroxylation sites is 1. The zero-order valence-electron chi connectivity index (χ0n) is 14.0. The van der Waals surface area contributed by atoms with Gasteiger partial charge in [0.05, 0.1) is 27.9 Å². The second-order valence-corrected chi connectivity index (χ2v) is 6.69. The molecular formula is C19H17N3O2S. The van der Waals surface area contributed by atoms with Crippen molar-refractivity contribution in [3.05, 3.63) is 59.1 Å². The predicted octanol–water partition coefficient (Wildman–Crippen LogP) is 3.77. The van der Waals surface area contributed by atoms with Gasteiger partial charge in [-0.05, 0) is 37.3 Å². The molecule has 0 unspecified atom stereocenters. The molecule has 25 heavy (non-hydrogen) atoms. The van der Waals surface area contributed by atoms with Crippen molar-refractivity contribution in [3.8, 4) is 11.8 Å². The van der Waals surface area contributed by atoms with Gasteiger partial charge >= 0.3 is 0 Å². The van der Waals surface area contributed by atoms with Crippen molar-refractivity contribution in [2.24, 2.45) is 0 Å². The topological polar surface area (TPSA) is 66.2 Å². The molecule has 0 aliphatic heterocycles. The number of thiazole rings is 1. The molecule has 1 atom stereocenters. The number of likely N-dealkylation sites (N-methyl/N-ethyl adjacent to an activating group) is 1. The van der Waals surface area contributed by atoms with Gasteiger partial charge in [0, 0.05) is 7.05 Å². The molecule has 0 aliphatic carbocycles. The quantitative estimate of drug-likeness (QED) is 0.702. The Hall–Kier alpha value is -2.91. The highest BCUT2D eigenvalue weighted by Crippen LogP contribution is 2.28. The predicted molar refractivity (Wildman–Crippen MR) is 97.5 cm³/mol. The lowest BCUT2D eigenvalue weighted by Crippen LogP contribution is -2.33. The number of amides is 1. The van der Waals surface area contributed by atoms with Crippen LogP contribution in [0.2, 0.25) is 0 Å². The largest absolute Gasteiger partial charge is 0.484 e. The summed E-state index contributed by atoms with van der Waals surface area (Å²) in [4.78, 5) is 18.6. The molecule has 0 bridgehead atoms. The Morgan fingerprint density at radius 2 is 2.12 bits per heavy atom. The van der Waals surface area contributed by atoms with Crippen molar-refractivity contribution in [1.29, 1.82) is 5.26 Å². The van der Waals surface area contributed by atoms with Crippen molar-refractivity contribution in [3.63, 3.8) is 0 Å². The Morgan fingerprint density at radius 1 is 1.32 bits per heavy atom. The highest BCUT2D eigenvalue weighted by molar-refractivity contribution is 7.18. The molecule has 3 aromatic rings. The van der Waals surface area contributed by atoms with Crippen LogP contribution in [-0.4, -0.2) is 29.4 Å². The van der Waals surface area contributed by atoms with Crippen LogP contribution >= 0.6 is 11.3 Å². The SMILES string of the molecule is C[C@@H](c1nc2ccccc2s1)N(C)C(=O)COc1cccc(C#N)c1. The van der Waals surface area contributed by atoms with E-state index in [0.29, 0.717) is 11.3 Å². The van der Waals surface area contributed by atoms with Gasteiger partial charge in [-0.15, -0.1) is 11.3 Å². The fourth-order valence-electron chi connectivity index (χ4n) is 2.35. The molecule has 0 N–H and O–H groups in total. The molecule has 126 valence electrons. The Morgan fingerprint density at radius 3 is 2.88 bits per heavy atom. The monoisotopic (exact) mass is 351 g/mol. The van der Waals surface area contributed by atoms with Crippen molar-refractivity contribution < 1.29 is 9.53 Å². The first-order valence-electron chi connectivity index (χ1n) is 7.82. The number of ether oxygens (including phenoxy) is 1. The van der Waals surface area contributed by atoms with Crippen molar-refractivity contribution >= 4 is 27.5 Å². The second-order valence-electron chi connectivity index (χ2n) is 5.63. The summed E-state index contributed by atoms with van der Waals surface area (Å²) in [7, 11) is 1.74. The normalized spacial score (nSPS) is 11.7. The van der Waals surface area contributed by atoms with Gasteiger partial charge in [-0.3, -0.25) is 4.79 Å². The summed E-state index contributed by atoms with van der Waals surface area (Å²) in [5.74, 6) is 0.363. The van der Waals surface area contributed by atoms with Gasteiger partial charge in [-0.25, -0.2) is 4.98 Å². The maximum atomic E-state index is 12.4. The lowest BCUT2D eigenvalue weighted by Gasteiger charge is -2.23. The minimum Gasteiger partial charge on any atom is -0.484 e. The summed E-state index contributed by atoms with van der Waals surface area (Å²) < 4.78 is 6.62. The number of carbonyl (C=O) groups excluding carboxylic acids is 1. The van der Waals surface area contributed by atoms with E-state index in [9.17, 15) is 4.79 Å². The lowest BCUT2D eigenvalue weighted by molar-refractivity contribution is -0.134. The number of benzene rings is 2. The van der Waals surface area contributed by atoms with Crippen molar-refractivity contribution in [2.75, 3.05) is 13.7 Å². The Labute approximate surface area is 150 Å². The zero-order chi connectivity index (χ0) is 17.8. The van der Waals surface area contributed by atoms with Crippen LogP contribution in [0.4, 0.5) is 0 Å². The molecule has 0 aliphatic rings. The molecule has 1 amide bonds. The van der Waals surface area contributed by atoms with Gasteiger partial charge in [0.1, 0.15) is 10.8 Å². The summed E-state index contributed by atoms with van der Waals surface area (Å²) in [6.45, 7) is 1.87. The number of hydrogen-bond acceptors (Lipinski definition) is 5. The van der Waals surface area contributed by atoms with Crippen LogP contribution in [0.1, 0.15) is 23.5 Å². The summed E-state index contributed by atoms with van der Waals surface area (Å²) in [6, 6.07) is 16.6. The van der Waals surface area contributed by atoms with E-state index in [-0.39, 0.29) is 18.6 Å². The lowest BCUT2D eigenvalue weighted by atomic mass is 10.2. The van der Waals surface area contributed by atoms with Crippen LogP contribution in [0, 0.1) is 11.3 Å². The number of rotatable bonds is 5. The van der Waals surface area contributed by atoms with Crippen LogP contribution in [0.3, 0.4) is 0 Å². The Bertz CT molecular complexity index is 912. The zero-order valence-corrected chi connectivity index (χ0v) is 14.8. The number of nitriles is 1. The summed E-state index contributed by atoms with van der Waals surface area (Å²) in [5, 5.41) is 9.79. The fourth-order valence-corrected chi connectivity index (χ4v) is 3.42. The Balaban J connectivity index is 1.65. The summed E-state index contributed by atoms with van der Waals surface area (Å²) in [5.41, 5.74) is 1.45. The summed E-state index contributed by atoms with van der Waals surface area (Å²) in [6.07, 6.45) is 0. The summed E-state index contributed by atoms with van der Waals surface area (Å²) >= 11 is 1.59. The molecule has 0 radical (unpaired) electrons. The number of aromatic nitrogens is 1. The molecule has 0 saturated carbocycles. The van der Waals surface area contributed by atoms with Crippen LogP contribution in [0.25, 0.3) is 10.2 Å². The molecule has 1 aromatic heterocycles. The van der Waals surface area contributed by atoms with Crippen LogP contribution < -0.4 is 4.74 Å². The third kappa shape index (κ3) is 3.78. The number of hydrogen-bond donors (Lipinski definition) is 0. The number of fused-ring (bicyclic) bond motifs is 1. The van der Waals surface area contributed by atoms with E-state index in [2.05, 4.69) is 4.98 Å². The van der Waals surface area contributed by atoms with Crippen LogP contribution in [0.5, 0.6) is 5.75 Å². The molecule has 1 heterocycles. The molecular weight excluding hydrogens is 334 g/mol. The minimum absolute atomic E-state index is 0.0827. The molecule has 3 rings (SSSR count). The molecule has 0 spiro atoms. The van der Waals surface area contributed by atoms with Gasteiger partial charge in [0.2, 0.25) is 0 Å². The smallest absolute Gasteiger partial charge is 0.260 e. The van der Waals surface area contributed by atoms with E-state index in [1.165, 1.54) is 0 Å². The standard InChI is InChI=1S/C19H17N3O2S/c1-13(19-21-16-8-3-4-9-17(16)25-19)22(2)18(23)12-24-15-7-5-6-14(10-15)11-20/h3-10,13H,12H2,1-2H3/t13-/m0/s1. The van der Waals surface area contributed by atoms with E-state index in [1.807, 2.05) is 37.3 Å². The highest BCUT2D eigenvalue weighted by Gasteiger charge is 2.21. The number of carbonyl (C=O) groups is 1. The second kappa shape index (κ2) is 7.32. The van der Waals surface area contributed by atoms with E-state index in [1.54, 1.807) is 47.5 Å². The van der Waals surface area contributed by atoms with Gasteiger partial charge in [-0.1, -0.05) is 18.2 Å². The van der Waals surface area contributed by atoms with Crippen LogP contribution in [0.15, 0.2) is 48.5 Å². The van der Waals surface area contributed by atoms with Crippen molar-refractivity contribution in [1.82, 2.24) is 9.88 Å². The van der Waals surface area contributed by atoms with Gasteiger partial charge in [0.15, 0.2) is 6.61 Å². The third-order valence-corrected chi connectivity index (χ3v) is 5.17. The number of nitrogens with zero attached hydrogens (tertiary/aromatic N) is 3. The van der Waals surface area contributed by atoms with E-state index < -0.39 is 0 Å². The average molecular weight is 351 g/mol. The maximum Gasteiger partial charge on any atom is 0.260 e. The molecule has 0 saturated heterocycles. The Kier molecular flexibility index (Phi) is 4.96. The van der Waals surface area contributed by atoms with E-state index in [4.69, 9.17) is 10.00 Å². The molecule has 6 heteroatoms. The average Bonchev–Trinajstić information content (AvgIpc) is 3.09. The minimum atomic E-state index is -0.144. The van der Waals surface area contributed by atoms with E-state index >= 15 is 0 Å². The third-order valence-electron chi connectivity index (χ3n) is 3.97. The first kappa shape index (κ1) is 16.9. The molecule has 0 fully saturated rings. The first-order valence-corrected chi connectivity index (χ1v) is 8.64.